The van der Waals surface area contributed by atoms with Crippen LogP contribution in [0.5, 0.6) is 11.5 Å². The number of hydrogen-bond acceptors (Lipinski definition) is 3. The van der Waals surface area contributed by atoms with Crippen molar-refractivity contribution in [3.05, 3.63) is 53.6 Å². The Balaban J connectivity index is 1.81. The molecule has 0 saturated carbocycles. The van der Waals surface area contributed by atoms with Crippen LogP contribution in [-0.2, 0) is 6.42 Å². The molecular formula is C20H22ClNO2. The number of nitrogens with zero attached hydrogens (tertiary/aromatic N) is 1. The first-order chi connectivity index (χ1) is 11.7. The van der Waals surface area contributed by atoms with Crippen molar-refractivity contribution in [3.63, 3.8) is 0 Å². The topological polar surface area (TPSA) is 21.7 Å². The molecule has 2 aromatic rings. The Morgan fingerprint density at radius 2 is 1.75 bits per heavy atom. The summed E-state index contributed by atoms with van der Waals surface area (Å²) in [5, 5.41) is 0.202. The van der Waals surface area contributed by atoms with Gasteiger partial charge in [0, 0.05) is 23.7 Å². The molecule has 0 spiro atoms. The largest absolute Gasteiger partial charge is 0.493 e. The molecule has 2 aliphatic heterocycles. The molecule has 24 heavy (non-hydrogen) atoms. The van der Waals surface area contributed by atoms with Crippen molar-refractivity contribution in [1.82, 2.24) is 0 Å². The molecule has 3 nitrogen and oxygen atoms in total. The predicted octanol–water partition coefficient (Wildman–Crippen LogP) is 4.43. The summed E-state index contributed by atoms with van der Waals surface area (Å²) in [7, 11) is 3.38. The van der Waals surface area contributed by atoms with Gasteiger partial charge in [0.15, 0.2) is 11.5 Å². The molecule has 0 aromatic heterocycles. The third-order valence-electron chi connectivity index (χ3n) is 5.33. The second-order valence-corrected chi connectivity index (χ2v) is 7.19. The van der Waals surface area contributed by atoms with E-state index < -0.39 is 0 Å². The van der Waals surface area contributed by atoms with Crippen molar-refractivity contribution in [3.8, 4) is 11.5 Å². The minimum absolute atomic E-state index is 0.202. The molecule has 0 N–H and O–H groups in total. The second-order valence-electron chi connectivity index (χ2n) is 6.63. The maximum atomic E-state index is 6.74. The summed E-state index contributed by atoms with van der Waals surface area (Å²) in [6.07, 6.45) is 1.98. The Kier molecular flexibility index (Phi) is 4.05. The first kappa shape index (κ1) is 15.6. The van der Waals surface area contributed by atoms with Gasteiger partial charge in [-0.25, -0.2) is 0 Å². The number of alkyl halides is 1. The normalized spacial score (nSPS) is 25.1. The Hall–Kier alpha value is -1.87. The highest BCUT2D eigenvalue weighted by atomic mass is 35.5. The minimum atomic E-state index is 0.202. The van der Waals surface area contributed by atoms with Crippen LogP contribution in [0.15, 0.2) is 42.5 Å². The van der Waals surface area contributed by atoms with Crippen molar-refractivity contribution in [1.29, 1.82) is 0 Å². The number of halogens is 1. The van der Waals surface area contributed by atoms with Crippen molar-refractivity contribution >= 4 is 17.3 Å². The Morgan fingerprint density at radius 1 is 1.04 bits per heavy atom. The molecule has 4 heteroatoms. The first-order valence-corrected chi connectivity index (χ1v) is 8.85. The zero-order chi connectivity index (χ0) is 16.7. The average Bonchev–Trinajstić information content (AvgIpc) is 2.64. The molecule has 1 fully saturated rings. The van der Waals surface area contributed by atoms with E-state index in [2.05, 4.69) is 47.4 Å². The summed E-state index contributed by atoms with van der Waals surface area (Å²) in [6.45, 7) is 0.996. The van der Waals surface area contributed by atoms with Gasteiger partial charge in [-0.15, -0.1) is 11.6 Å². The van der Waals surface area contributed by atoms with Crippen LogP contribution in [0, 0.1) is 5.92 Å². The summed E-state index contributed by atoms with van der Waals surface area (Å²) in [6, 6.07) is 15.2. The van der Waals surface area contributed by atoms with Gasteiger partial charge in [-0.3, -0.25) is 0 Å². The van der Waals surface area contributed by atoms with E-state index in [4.69, 9.17) is 21.1 Å². The lowest BCUT2D eigenvalue weighted by Gasteiger charge is -2.48. The van der Waals surface area contributed by atoms with Crippen molar-refractivity contribution in [2.45, 2.75) is 24.3 Å². The first-order valence-electron chi connectivity index (χ1n) is 8.41. The van der Waals surface area contributed by atoms with Crippen molar-refractivity contribution < 1.29 is 9.47 Å². The van der Waals surface area contributed by atoms with E-state index in [1.54, 1.807) is 14.2 Å². The highest BCUT2D eigenvalue weighted by Gasteiger charge is 2.40. The maximum Gasteiger partial charge on any atom is 0.162 e. The number of ether oxygens (including phenoxy) is 2. The molecule has 0 aliphatic carbocycles. The molecule has 1 saturated heterocycles. The molecule has 2 heterocycles. The van der Waals surface area contributed by atoms with Crippen LogP contribution >= 0.6 is 11.6 Å². The molecule has 2 bridgehead atoms. The summed E-state index contributed by atoms with van der Waals surface area (Å²) >= 11 is 6.74. The van der Waals surface area contributed by atoms with Gasteiger partial charge in [-0.2, -0.15) is 0 Å². The summed E-state index contributed by atoms with van der Waals surface area (Å²) in [5.74, 6) is 2.06. The fraction of sp³-hybridized carbons (Fsp3) is 0.400. The molecule has 3 atom stereocenters. The Labute approximate surface area is 148 Å². The van der Waals surface area contributed by atoms with Crippen LogP contribution in [0.25, 0.3) is 0 Å². The van der Waals surface area contributed by atoms with E-state index >= 15 is 0 Å². The predicted molar refractivity (Wildman–Crippen MR) is 97.5 cm³/mol. The van der Waals surface area contributed by atoms with Crippen LogP contribution in [0.2, 0.25) is 0 Å². The summed E-state index contributed by atoms with van der Waals surface area (Å²) in [5.41, 5.74) is 3.88. The molecule has 0 amide bonds. The van der Waals surface area contributed by atoms with Gasteiger partial charge in [0.05, 0.1) is 20.3 Å². The van der Waals surface area contributed by atoms with Gasteiger partial charge in [0.25, 0.3) is 0 Å². The van der Waals surface area contributed by atoms with Gasteiger partial charge in [0.2, 0.25) is 0 Å². The van der Waals surface area contributed by atoms with Gasteiger partial charge < -0.3 is 14.4 Å². The molecule has 2 aromatic carbocycles. The molecular weight excluding hydrogens is 322 g/mol. The smallest absolute Gasteiger partial charge is 0.162 e. The van der Waals surface area contributed by atoms with E-state index in [1.165, 1.54) is 16.8 Å². The minimum Gasteiger partial charge on any atom is -0.493 e. The van der Waals surface area contributed by atoms with Crippen LogP contribution in [-0.4, -0.2) is 26.1 Å². The second kappa shape index (κ2) is 6.21. The average molecular weight is 344 g/mol. The summed E-state index contributed by atoms with van der Waals surface area (Å²) < 4.78 is 11.0. The van der Waals surface area contributed by atoms with Crippen LogP contribution < -0.4 is 14.4 Å². The lowest BCUT2D eigenvalue weighted by molar-refractivity contribution is 0.338. The van der Waals surface area contributed by atoms with Gasteiger partial charge in [-0.05, 0) is 36.0 Å². The zero-order valence-electron chi connectivity index (χ0n) is 14.0. The number of methoxy groups -OCH3 is 2. The standard InChI is InChI=1S/C20H22ClNO2/c1-23-19-9-14-8-15-12-22(18(14)11-20(19)24-2)17(10-16(15)21)13-6-4-3-5-7-13/h3-7,9,11,15-17H,8,10,12H2,1-2H3/t15-,16+,17+/m1/s1. The van der Waals surface area contributed by atoms with E-state index in [0.717, 1.165) is 30.9 Å². The quantitative estimate of drug-likeness (QED) is 0.769. The van der Waals surface area contributed by atoms with E-state index in [-0.39, 0.29) is 5.38 Å². The van der Waals surface area contributed by atoms with E-state index in [9.17, 15) is 0 Å². The molecule has 0 unspecified atom stereocenters. The number of rotatable bonds is 3. The molecule has 2 aliphatic rings. The van der Waals surface area contributed by atoms with E-state index in [1.807, 2.05) is 0 Å². The molecule has 4 rings (SSSR count). The van der Waals surface area contributed by atoms with Crippen LogP contribution in [0.3, 0.4) is 0 Å². The SMILES string of the molecule is COc1cc2c(cc1OC)N1C[C@@H](C2)[C@@H](Cl)C[C@H]1c1ccccc1. The monoisotopic (exact) mass is 343 g/mol. The Bertz CT molecular complexity index is 734. The fourth-order valence-corrected chi connectivity index (χ4v) is 4.44. The van der Waals surface area contributed by atoms with Crippen LogP contribution in [0.4, 0.5) is 5.69 Å². The van der Waals surface area contributed by atoms with Gasteiger partial charge in [-0.1, -0.05) is 30.3 Å². The number of fused-ring (bicyclic) bond motifs is 4. The van der Waals surface area contributed by atoms with E-state index in [0.29, 0.717) is 12.0 Å². The summed E-state index contributed by atoms with van der Waals surface area (Å²) in [4.78, 5) is 2.50. The van der Waals surface area contributed by atoms with Crippen LogP contribution in [0.1, 0.15) is 23.6 Å². The maximum absolute atomic E-state index is 6.74. The highest BCUT2D eigenvalue weighted by Crippen LogP contribution is 2.48. The van der Waals surface area contributed by atoms with Gasteiger partial charge >= 0.3 is 0 Å². The van der Waals surface area contributed by atoms with Crippen molar-refractivity contribution in [2.24, 2.45) is 5.92 Å². The third kappa shape index (κ3) is 2.51. The van der Waals surface area contributed by atoms with Crippen molar-refractivity contribution in [2.75, 3.05) is 25.7 Å². The number of piperidine rings is 1. The number of hydrogen-bond donors (Lipinski definition) is 0. The van der Waals surface area contributed by atoms with Gasteiger partial charge in [0.1, 0.15) is 0 Å². The Morgan fingerprint density at radius 3 is 2.46 bits per heavy atom. The third-order valence-corrected chi connectivity index (χ3v) is 5.86. The molecule has 0 radical (unpaired) electrons. The number of benzene rings is 2. The lowest BCUT2D eigenvalue weighted by atomic mass is 9.80. The highest BCUT2D eigenvalue weighted by molar-refractivity contribution is 6.21. The zero-order valence-corrected chi connectivity index (χ0v) is 14.8. The number of anilines is 1. The lowest BCUT2D eigenvalue weighted by Crippen LogP contribution is -2.47. The molecule has 126 valence electrons. The fourth-order valence-electron chi connectivity index (χ4n) is 4.10.